The van der Waals surface area contributed by atoms with E-state index in [0.29, 0.717) is 19.0 Å². The topological polar surface area (TPSA) is 49.8 Å². The Morgan fingerprint density at radius 2 is 1.93 bits per heavy atom. The summed E-state index contributed by atoms with van der Waals surface area (Å²) in [4.78, 5) is 12.1. The average molecular weight is 201 g/mol. The van der Waals surface area contributed by atoms with E-state index < -0.39 is 6.09 Å². The zero-order valence-corrected chi connectivity index (χ0v) is 9.12. The summed E-state index contributed by atoms with van der Waals surface area (Å²) in [6, 6.07) is 0. The molecule has 1 aliphatic heterocycles. The summed E-state index contributed by atoms with van der Waals surface area (Å²) in [5.41, 5.74) is -0.134. The summed E-state index contributed by atoms with van der Waals surface area (Å²) >= 11 is 0. The molecule has 14 heavy (non-hydrogen) atoms. The van der Waals surface area contributed by atoms with Gasteiger partial charge in [0.1, 0.15) is 0 Å². The third kappa shape index (κ3) is 2.38. The molecule has 1 aliphatic rings. The van der Waals surface area contributed by atoms with Crippen LogP contribution in [0, 0.1) is 5.92 Å². The maximum Gasteiger partial charge on any atom is 0.407 e. The lowest BCUT2D eigenvalue weighted by atomic mass is 9.83. The lowest BCUT2D eigenvalue weighted by molar-refractivity contribution is -0.0468. The molecule has 4 heteroatoms. The minimum Gasteiger partial charge on any atom is -0.465 e. The number of piperidine rings is 1. The van der Waals surface area contributed by atoms with Crippen molar-refractivity contribution < 1.29 is 14.6 Å². The number of amides is 1. The first-order valence-corrected chi connectivity index (χ1v) is 5.00. The van der Waals surface area contributed by atoms with Crippen LogP contribution in [0.25, 0.3) is 0 Å². The van der Waals surface area contributed by atoms with E-state index >= 15 is 0 Å². The second-order valence-electron chi connectivity index (χ2n) is 4.35. The molecule has 0 aliphatic carbocycles. The summed E-state index contributed by atoms with van der Waals surface area (Å²) in [6.45, 7) is 5.39. The summed E-state index contributed by atoms with van der Waals surface area (Å²) in [5.74, 6) is 0.461. The molecule has 0 aromatic carbocycles. The average Bonchev–Trinajstić information content (AvgIpc) is 2.18. The van der Waals surface area contributed by atoms with Gasteiger partial charge >= 0.3 is 6.09 Å². The number of ether oxygens (including phenoxy) is 1. The lowest BCUT2D eigenvalue weighted by Gasteiger charge is -2.38. The number of rotatable bonds is 2. The first-order valence-electron chi connectivity index (χ1n) is 5.00. The molecule has 1 N–H and O–H groups in total. The first kappa shape index (κ1) is 11.3. The van der Waals surface area contributed by atoms with Gasteiger partial charge in [-0.2, -0.15) is 0 Å². The number of hydrogen-bond donors (Lipinski definition) is 1. The highest BCUT2D eigenvalue weighted by Gasteiger charge is 2.33. The van der Waals surface area contributed by atoms with Crippen LogP contribution in [-0.2, 0) is 4.74 Å². The number of methoxy groups -OCH3 is 1. The summed E-state index contributed by atoms with van der Waals surface area (Å²) in [5, 5.41) is 8.78. The van der Waals surface area contributed by atoms with E-state index in [1.807, 2.05) is 0 Å². The highest BCUT2D eigenvalue weighted by molar-refractivity contribution is 5.64. The van der Waals surface area contributed by atoms with Crippen molar-refractivity contribution in [2.24, 2.45) is 5.92 Å². The van der Waals surface area contributed by atoms with Gasteiger partial charge in [-0.3, -0.25) is 0 Å². The van der Waals surface area contributed by atoms with Gasteiger partial charge in [0.25, 0.3) is 0 Å². The highest BCUT2D eigenvalue weighted by Crippen LogP contribution is 2.30. The number of nitrogens with zero attached hydrogens (tertiary/aromatic N) is 1. The van der Waals surface area contributed by atoms with Crippen molar-refractivity contribution in [1.82, 2.24) is 4.90 Å². The lowest BCUT2D eigenvalue weighted by Crippen LogP contribution is -2.44. The van der Waals surface area contributed by atoms with Gasteiger partial charge in [0.2, 0.25) is 0 Å². The van der Waals surface area contributed by atoms with E-state index in [4.69, 9.17) is 9.84 Å². The molecule has 1 amide bonds. The Hall–Kier alpha value is -0.770. The fourth-order valence-electron chi connectivity index (χ4n) is 1.93. The Labute approximate surface area is 84.8 Å². The van der Waals surface area contributed by atoms with E-state index in [-0.39, 0.29) is 5.60 Å². The molecule has 0 bridgehead atoms. The molecule has 4 nitrogen and oxygen atoms in total. The third-order valence-electron chi connectivity index (χ3n) is 3.27. The van der Waals surface area contributed by atoms with Crippen molar-refractivity contribution in [1.29, 1.82) is 0 Å². The normalized spacial score (nSPS) is 19.8. The summed E-state index contributed by atoms with van der Waals surface area (Å²) in [7, 11) is 1.71. The van der Waals surface area contributed by atoms with E-state index in [1.54, 1.807) is 7.11 Å². The third-order valence-corrected chi connectivity index (χ3v) is 3.27. The number of likely N-dealkylation sites (tertiary alicyclic amines) is 1. The minimum absolute atomic E-state index is 0.134. The zero-order chi connectivity index (χ0) is 10.8. The van der Waals surface area contributed by atoms with Crippen LogP contribution in [0.5, 0.6) is 0 Å². The molecule has 1 fully saturated rings. The Kier molecular flexibility index (Phi) is 3.37. The second-order valence-corrected chi connectivity index (χ2v) is 4.35. The van der Waals surface area contributed by atoms with Crippen molar-refractivity contribution in [3.05, 3.63) is 0 Å². The number of carboxylic acid groups (broad SMARTS) is 1. The van der Waals surface area contributed by atoms with Gasteiger partial charge in [-0.15, -0.1) is 0 Å². The highest BCUT2D eigenvalue weighted by atomic mass is 16.5. The van der Waals surface area contributed by atoms with Crippen LogP contribution < -0.4 is 0 Å². The molecule has 0 radical (unpaired) electrons. The quantitative estimate of drug-likeness (QED) is 0.741. The molecule has 1 heterocycles. The van der Waals surface area contributed by atoms with Crippen LogP contribution in [0.15, 0.2) is 0 Å². The van der Waals surface area contributed by atoms with Gasteiger partial charge < -0.3 is 14.7 Å². The Morgan fingerprint density at radius 1 is 1.43 bits per heavy atom. The maximum absolute atomic E-state index is 10.7. The molecule has 82 valence electrons. The monoisotopic (exact) mass is 201 g/mol. The van der Waals surface area contributed by atoms with Gasteiger partial charge in [-0.1, -0.05) is 0 Å². The summed E-state index contributed by atoms with van der Waals surface area (Å²) in [6.07, 6.45) is 0.985. The van der Waals surface area contributed by atoms with E-state index in [2.05, 4.69) is 13.8 Å². The molecule has 1 saturated heterocycles. The fraction of sp³-hybridized carbons (Fsp3) is 0.900. The van der Waals surface area contributed by atoms with Crippen LogP contribution in [0.2, 0.25) is 0 Å². The standard InChI is InChI=1S/C10H19NO3/c1-10(2,14-3)8-4-6-11(7-5-8)9(12)13/h8H,4-7H2,1-3H3,(H,12,13). The van der Waals surface area contributed by atoms with Crippen molar-refractivity contribution >= 4 is 6.09 Å². The maximum atomic E-state index is 10.7. The van der Waals surface area contributed by atoms with Crippen LogP contribution in [0.3, 0.4) is 0 Å². The molecular formula is C10H19NO3. The van der Waals surface area contributed by atoms with Crippen molar-refractivity contribution in [2.75, 3.05) is 20.2 Å². The SMILES string of the molecule is COC(C)(C)C1CCN(C(=O)O)CC1. The molecule has 1 rings (SSSR count). The second kappa shape index (κ2) is 4.17. The summed E-state index contributed by atoms with van der Waals surface area (Å²) < 4.78 is 5.41. The van der Waals surface area contributed by atoms with Crippen LogP contribution >= 0.6 is 0 Å². The van der Waals surface area contributed by atoms with Gasteiger partial charge in [-0.25, -0.2) is 4.79 Å². The predicted octanol–water partition coefficient (Wildman–Crippen LogP) is 1.80. The van der Waals surface area contributed by atoms with Crippen molar-refractivity contribution in [2.45, 2.75) is 32.3 Å². The number of carbonyl (C=O) groups is 1. The van der Waals surface area contributed by atoms with Crippen LogP contribution in [0.4, 0.5) is 4.79 Å². The fourth-order valence-corrected chi connectivity index (χ4v) is 1.93. The van der Waals surface area contributed by atoms with Crippen LogP contribution in [-0.4, -0.2) is 41.9 Å². The minimum atomic E-state index is -0.807. The molecular weight excluding hydrogens is 182 g/mol. The van der Waals surface area contributed by atoms with Gasteiger partial charge in [-0.05, 0) is 32.6 Å². The van der Waals surface area contributed by atoms with Crippen molar-refractivity contribution in [3.63, 3.8) is 0 Å². The molecule has 0 spiro atoms. The van der Waals surface area contributed by atoms with E-state index in [1.165, 1.54) is 4.90 Å². The van der Waals surface area contributed by atoms with Crippen LogP contribution in [0.1, 0.15) is 26.7 Å². The molecule has 0 aromatic rings. The van der Waals surface area contributed by atoms with Gasteiger partial charge in [0, 0.05) is 20.2 Å². The zero-order valence-electron chi connectivity index (χ0n) is 9.12. The molecule has 0 unspecified atom stereocenters. The molecule has 0 saturated carbocycles. The Bertz CT molecular complexity index is 207. The first-order chi connectivity index (χ1) is 6.47. The smallest absolute Gasteiger partial charge is 0.407 e. The Morgan fingerprint density at radius 3 is 2.29 bits per heavy atom. The predicted molar refractivity (Wildman–Crippen MR) is 53.4 cm³/mol. The van der Waals surface area contributed by atoms with Gasteiger partial charge in [0.05, 0.1) is 5.60 Å². The number of hydrogen-bond acceptors (Lipinski definition) is 2. The largest absolute Gasteiger partial charge is 0.465 e. The van der Waals surface area contributed by atoms with E-state index in [9.17, 15) is 4.79 Å². The van der Waals surface area contributed by atoms with Crippen molar-refractivity contribution in [3.8, 4) is 0 Å². The molecule has 0 aromatic heterocycles. The van der Waals surface area contributed by atoms with E-state index in [0.717, 1.165) is 12.8 Å². The Balaban J connectivity index is 2.47. The van der Waals surface area contributed by atoms with Gasteiger partial charge in [0.15, 0.2) is 0 Å². The molecule has 0 atom stereocenters.